The Morgan fingerprint density at radius 1 is 1.47 bits per heavy atom. The van der Waals surface area contributed by atoms with E-state index in [2.05, 4.69) is 11.9 Å². The first kappa shape index (κ1) is 11.7. The van der Waals surface area contributed by atoms with Gasteiger partial charge in [-0.1, -0.05) is 19.1 Å². The summed E-state index contributed by atoms with van der Waals surface area (Å²) >= 11 is 0. The van der Waals surface area contributed by atoms with E-state index < -0.39 is 0 Å². The number of ether oxygens (including phenoxy) is 1. The monoisotopic (exact) mass is 231 g/mol. The van der Waals surface area contributed by atoms with Crippen molar-refractivity contribution in [1.82, 2.24) is 9.55 Å². The van der Waals surface area contributed by atoms with Crippen molar-refractivity contribution in [1.29, 1.82) is 0 Å². The van der Waals surface area contributed by atoms with Gasteiger partial charge in [-0.2, -0.15) is 0 Å². The van der Waals surface area contributed by atoms with Crippen molar-refractivity contribution in [3.63, 3.8) is 0 Å². The minimum absolute atomic E-state index is 0.0227. The minimum atomic E-state index is -0.0227. The Bertz CT molecular complexity index is 453. The molecule has 0 bridgehead atoms. The van der Waals surface area contributed by atoms with Crippen LogP contribution in [0.2, 0.25) is 0 Å². The van der Waals surface area contributed by atoms with E-state index in [0.717, 1.165) is 17.7 Å². The second kappa shape index (κ2) is 5.50. The summed E-state index contributed by atoms with van der Waals surface area (Å²) in [6, 6.07) is 7.86. The average Bonchev–Trinajstić information content (AvgIpc) is 2.90. The fraction of sp³-hybridized carbons (Fsp3) is 0.308. The third kappa shape index (κ3) is 2.85. The van der Waals surface area contributed by atoms with Crippen molar-refractivity contribution in [2.24, 2.45) is 5.73 Å². The van der Waals surface area contributed by atoms with Crippen molar-refractivity contribution in [2.75, 3.05) is 0 Å². The molecule has 0 amide bonds. The van der Waals surface area contributed by atoms with E-state index >= 15 is 0 Å². The van der Waals surface area contributed by atoms with Gasteiger partial charge in [-0.05, 0) is 17.7 Å². The first-order chi connectivity index (χ1) is 8.33. The molecule has 0 saturated carbocycles. The van der Waals surface area contributed by atoms with E-state index in [4.69, 9.17) is 10.5 Å². The molecule has 1 heterocycles. The van der Waals surface area contributed by atoms with Crippen LogP contribution in [0.1, 0.15) is 25.1 Å². The molecule has 2 rings (SSSR count). The van der Waals surface area contributed by atoms with Crippen LogP contribution < -0.4 is 10.5 Å². The van der Waals surface area contributed by atoms with E-state index in [0.29, 0.717) is 6.54 Å². The Labute approximate surface area is 101 Å². The number of nitrogens with zero attached hydrogens (tertiary/aromatic N) is 2. The molecule has 0 fully saturated rings. The summed E-state index contributed by atoms with van der Waals surface area (Å²) < 4.78 is 7.87. The fourth-order valence-electron chi connectivity index (χ4n) is 1.70. The van der Waals surface area contributed by atoms with E-state index in [1.807, 2.05) is 35.0 Å². The van der Waals surface area contributed by atoms with Crippen LogP contribution in [-0.4, -0.2) is 9.55 Å². The molecule has 4 heteroatoms. The van der Waals surface area contributed by atoms with Gasteiger partial charge in [0.05, 0.1) is 6.33 Å². The number of hydrogen-bond donors (Lipinski definition) is 1. The van der Waals surface area contributed by atoms with Crippen molar-refractivity contribution in [2.45, 2.75) is 26.1 Å². The summed E-state index contributed by atoms with van der Waals surface area (Å²) in [7, 11) is 0. The smallest absolute Gasteiger partial charge is 0.176 e. The van der Waals surface area contributed by atoms with E-state index in [9.17, 15) is 0 Å². The zero-order valence-corrected chi connectivity index (χ0v) is 9.91. The topological polar surface area (TPSA) is 53.1 Å². The molecule has 1 aromatic carbocycles. The Balaban J connectivity index is 2.13. The minimum Gasteiger partial charge on any atom is -0.470 e. The molecule has 1 atom stereocenters. The molecule has 1 unspecified atom stereocenters. The molecule has 2 aromatic rings. The molecule has 1 aromatic heterocycles. The van der Waals surface area contributed by atoms with Gasteiger partial charge in [0.15, 0.2) is 6.23 Å². The molecule has 0 radical (unpaired) electrons. The predicted molar refractivity (Wildman–Crippen MR) is 66.5 cm³/mol. The quantitative estimate of drug-likeness (QED) is 0.859. The maximum Gasteiger partial charge on any atom is 0.176 e. The number of rotatable bonds is 5. The summed E-state index contributed by atoms with van der Waals surface area (Å²) in [5, 5.41) is 0. The highest BCUT2D eigenvalue weighted by atomic mass is 16.5. The Kier molecular flexibility index (Phi) is 3.77. The van der Waals surface area contributed by atoms with E-state index in [-0.39, 0.29) is 6.23 Å². The highest BCUT2D eigenvalue weighted by Crippen LogP contribution is 2.20. The highest BCUT2D eigenvalue weighted by molar-refractivity contribution is 5.28. The number of hydrogen-bond acceptors (Lipinski definition) is 3. The molecule has 17 heavy (non-hydrogen) atoms. The van der Waals surface area contributed by atoms with Gasteiger partial charge in [0.1, 0.15) is 5.75 Å². The van der Waals surface area contributed by atoms with Gasteiger partial charge >= 0.3 is 0 Å². The van der Waals surface area contributed by atoms with Crippen LogP contribution in [0.4, 0.5) is 0 Å². The van der Waals surface area contributed by atoms with Crippen LogP contribution in [0, 0.1) is 0 Å². The molecule has 0 spiro atoms. The van der Waals surface area contributed by atoms with Crippen molar-refractivity contribution in [3.05, 3.63) is 48.5 Å². The van der Waals surface area contributed by atoms with Crippen LogP contribution in [0.5, 0.6) is 5.75 Å². The number of imidazole rings is 1. The SMILES string of the molecule is CCC(Oc1cccc(CN)c1)n1ccnc1. The zero-order valence-electron chi connectivity index (χ0n) is 9.91. The van der Waals surface area contributed by atoms with Crippen LogP contribution in [0.25, 0.3) is 0 Å². The summed E-state index contributed by atoms with van der Waals surface area (Å²) in [6.07, 6.45) is 6.28. The number of aromatic nitrogens is 2. The van der Waals surface area contributed by atoms with Crippen LogP contribution >= 0.6 is 0 Å². The van der Waals surface area contributed by atoms with Gasteiger partial charge in [-0.15, -0.1) is 0 Å². The van der Waals surface area contributed by atoms with E-state index in [1.165, 1.54) is 0 Å². The van der Waals surface area contributed by atoms with Gasteiger partial charge in [0.2, 0.25) is 0 Å². The van der Waals surface area contributed by atoms with Crippen LogP contribution in [0.15, 0.2) is 43.0 Å². The maximum absolute atomic E-state index is 5.92. The second-order valence-electron chi connectivity index (χ2n) is 3.84. The molecular formula is C13H17N3O. The zero-order chi connectivity index (χ0) is 12.1. The second-order valence-corrected chi connectivity index (χ2v) is 3.84. The van der Waals surface area contributed by atoms with Crippen molar-refractivity contribution >= 4 is 0 Å². The number of benzene rings is 1. The fourth-order valence-corrected chi connectivity index (χ4v) is 1.70. The van der Waals surface area contributed by atoms with Gasteiger partial charge in [-0.3, -0.25) is 0 Å². The van der Waals surface area contributed by atoms with Crippen molar-refractivity contribution < 1.29 is 4.74 Å². The molecule has 0 aliphatic heterocycles. The Morgan fingerprint density at radius 3 is 3.00 bits per heavy atom. The third-order valence-corrected chi connectivity index (χ3v) is 2.61. The van der Waals surface area contributed by atoms with Gasteiger partial charge in [0, 0.05) is 25.4 Å². The first-order valence-electron chi connectivity index (χ1n) is 5.76. The number of nitrogens with two attached hydrogens (primary N) is 1. The van der Waals surface area contributed by atoms with Gasteiger partial charge in [0.25, 0.3) is 0 Å². The first-order valence-corrected chi connectivity index (χ1v) is 5.76. The van der Waals surface area contributed by atoms with E-state index in [1.54, 1.807) is 12.5 Å². The molecule has 90 valence electrons. The van der Waals surface area contributed by atoms with Gasteiger partial charge < -0.3 is 15.0 Å². The molecule has 2 N–H and O–H groups in total. The van der Waals surface area contributed by atoms with Crippen molar-refractivity contribution in [3.8, 4) is 5.75 Å². The lowest BCUT2D eigenvalue weighted by Gasteiger charge is -2.19. The summed E-state index contributed by atoms with van der Waals surface area (Å²) in [4.78, 5) is 4.03. The molecular weight excluding hydrogens is 214 g/mol. The van der Waals surface area contributed by atoms with Crippen LogP contribution in [0.3, 0.4) is 0 Å². The lowest BCUT2D eigenvalue weighted by Crippen LogP contribution is -2.13. The maximum atomic E-state index is 5.92. The predicted octanol–water partition coefficient (Wildman–Crippen LogP) is 2.33. The molecule has 0 aliphatic rings. The molecule has 0 aliphatic carbocycles. The highest BCUT2D eigenvalue weighted by Gasteiger charge is 2.09. The van der Waals surface area contributed by atoms with Gasteiger partial charge in [-0.25, -0.2) is 4.98 Å². The summed E-state index contributed by atoms with van der Waals surface area (Å²) in [5.41, 5.74) is 6.68. The summed E-state index contributed by atoms with van der Waals surface area (Å²) in [5.74, 6) is 0.841. The normalized spacial score (nSPS) is 12.4. The molecule has 4 nitrogen and oxygen atoms in total. The standard InChI is InChI=1S/C13H17N3O/c1-2-13(16-7-6-15-10-16)17-12-5-3-4-11(8-12)9-14/h3-8,10,13H,2,9,14H2,1H3. The lowest BCUT2D eigenvalue weighted by molar-refractivity contribution is 0.127. The molecule has 0 saturated heterocycles. The van der Waals surface area contributed by atoms with Crippen LogP contribution in [-0.2, 0) is 6.54 Å². The lowest BCUT2D eigenvalue weighted by atomic mass is 10.2. The largest absolute Gasteiger partial charge is 0.470 e. The average molecular weight is 231 g/mol. The summed E-state index contributed by atoms with van der Waals surface area (Å²) in [6.45, 7) is 2.61. The Hall–Kier alpha value is -1.81. The Morgan fingerprint density at radius 2 is 2.35 bits per heavy atom. The third-order valence-electron chi connectivity index (χ3n) is 2.61.